The first kappa shape index (κ1) is 15.4. The summed E-state index contributed by atoms with van der Waals surface area (Å²) in [5.74, 6) is -5.86. The topological polar surface area (TPSA) is 72.5 Å². The van der Waals surface area contributed by atoms with Gasteiger partial charge in [-0.1, -0.05) is 0 Å². The van der Waals surface area contributed by atoms with Crippen LogP contribution in [0, 0.1) is 17.5 Å². The zero-order chi connectivity index (χ0) is 14.6. The molecule has 0 amide bonds. The summed E-state index contributed by atoms with van der Waals surface area (Å²) in [4.78, 5) is 9.73. The lowest BCUT2D eigenvalue weighted by Crippen LogP contribution is -2.27. The first-order valence-electron chi connectivity index (χ1n) is 4.99. The second kappa shape index (κ2) is 6.02. The summed E-state index contributed by atoms with van der Waals surface area (Å²) in [5.41, 5.74) is 0. The van der Waals surface area contributed by atoms with Crippen molar-refractivity contribution in [2.24, 2.45) is 0 Å². The van der Waals surface area contributed by atoms with Gasteiger partial charge in [-0.15, -0.1) is 0 Å². The van der Waals surface area contributed by atoms with Gasteiger partial charge in [0.05, 0.1) is 13.5 Å². The normalized spacial score (nSPS) is 11.4. The molecule has 106 valence electrons. The number of methoxy groups -OCH3 is 1. The molecule has 9 heteroatoms. The Balaban J connectivity index is 2.90. The molecule has 1 aromatic rings. The van der Waals surface area contributed by atoms with E-state index in [1.807, 2.05) is 4.72 Å². The molecule has 1 N–H and O–H groups in total. The fourth-order valence-electron chi connectivity index (χ4n) is 1.18. The highest BCUT2D eigenvalue weighted by atomic mass is 32.2. The van der Waals surface area contributed by atoms with Crippen LogP contribution in [0.3, 0.4) is 0 Å². The van der Waals surface area contributed by atoms with Crippen LogP contribution in [-0.2, 0) is 19.6 Å². The average molecular weight is 297 g/mol. The number of carbonyl (C=O) groups excluding carboxylic acids is 1. The number of hydrogen-bond acceptors (Lipinski definition) is 4. The van der Waals surface area contributed by atoms with E-state index in [4.69, 9.17) is 0 Å². The fraction of sp³-hybridized carbons (Fsp3) is 0.300. The molecule has 0 saturated carbocycles. The number of rotatable bonds is 5. The van der Waals surface area contributed by atoms with E-state index in [9.17, 15) is 26.4 Å². The molecule has 0 fully saturated rings. The van der Waals surface area contributed by atoms with E-state index in [0.29, 0.717) is 12.1 Å². The minimum Gasteiger partial charge on any atom is -0.469 e. The van der Waals surface area contributed by atoms with Crippen molar-refractivity contribution in [3.63, 3.8) is 0 Å². The van der Waals surface area contributed by atoms with Crippen LogP contribution < -0.4 is 4.72 Å². The highest BCUT2D eigenvalue weighted by Gasteiger charge is 2.23. The fourth-order valence-corrected chi connectivity index (χ4v) is 2.28. The number of ether oxygens (including phenoxy) is 1. The molecule has 0 heterocycles. The lowest BCUT2D eigenvalue weighted by molar-refractivity contribution is -0.140. The van der Waals surface area contributed by atoms with Crippen LogP contribution in [0.25, 0.3) is 0 Å². The van der Waals surface area contributed by atoms with Gasteiger partial charge >= 0.3 is 5.97 Å². The summed E-state index contributed by atoms with van der Waals surface area (Å²) in [6.07, 6.45) is -0.277. The molecule has 0 aliphatic carbocycles. The van der Waals surface area contributed by atoms with Crippen molar-refractivity contribution < 1.29 is 31.1 Å². The predicted octanol–water partition coefficient (Wildman–Crippen LogP) is 0.945. The van der Waals surface area contributed by atoms with Crippen LogP contribution in [0.15, 0.2) is 17.0 Å². The minimum atomic E-state index is -4.37. The Morgan fingerprint density at radius 2 is 1.89 bits per heavy atom. The summed E-state index contributed by atoms with van der Waals surface area (Å²) in [7, 11) is -3.26. The van der Waals surface area contributed by atoms with Crippen LogP contribution in [-0.4, -0.2) is 28.0 Å². The molecule has 1 rings (SSSR count). The number of sulfonamides is 1. The number of carbonyl (C=O) groups is 1. The molecule has 5 nitrogen and oxygen atoms in total. The Morgan fingerprint density at radius 3 is 2.47 bits per heavy atom. The second-order valence-corrected chi connectivity index (χ2v) is 5.13. The monoisotopic (exact) mass is 297 g/mol. The van der Waals surface area contributed by atoms with Crippen molar-refractivity contribution >= 4 is 16.0 Å². The van der Waals surface area contributed by atoms with E-state index in [1.54, 1.807) is 0 Å². The third-order valence-corrected chi connectivity index (χ3v) is 3.62. The molecule has 19 heavy (non-hydrogen) atoms. The highest BCUT2D eigenvalue weighted by Crippen LogP contribution is 2.19. The maximum atomic E-state index is 13.3. The highest BCUT2D eigenvalue weighted by molar-refractivity contribution is 7.89. The largest absolute Gasteiger partial charge is 0.469 e. The van der Waals surface area contributed by atoms with Crippen LogP contribution in [0.2, 0.25) is 0 Å². The average Bonchev–Trinajstić information content (AvgIpc) is 2.35. The van der Waals surface area contributed by atoms with Gasteiger partial charge in [-0.05, 0) is 12.1 Å². The van der Waals surface area contributed by atoms with E-state index in [-0.39, 0.29) is 13.0 Å². The maximum Gasteiger partial charge on any atom is 0.306 e. The Kier molecular flexibility index (Phi) is 4.90. The van der Waals surface area contributed by atoms with Crippen molar-refractivity contribution in [2.45, 2.75) is 11.3 Å². The summed E-state index contributed by atoms with van der Waals surface area (Å²) in [5, 5.41) is 0. The van der Waals surface area contributed by atoms with Crippen LogP contribution in [0.5, 0.6) is 0 Å². The molecule has 0 aliphatic rings. The Hall–Kier alpha value is -1.61. The van der Waals surface area contributed by atoms with Crippen molar-refractivity contribution in [3.05, 3.63) is 29.6 Å². The Labute approximate surface area is 107 Å². The van der Waals surface area contributed by atoms with Gasteiger partial charge in [-0.3, -0.25) is 4.79 Å². The van der Waals surface area contributed by atoms with Crippen LogP contribution >= 0.6 is 0 Å². The third kappa shape index (κ3) is 3.67. The Morgan fingerprint density at radius 1 is 1.26 bits per heavy atom. The van der Waals surface area contributed by atoms with Crippen LogP contribution in [0.1, 0.15) is 6.42 Å². The molecule has 0 radical (unpaired) electrons. The molecule has 0 saturated heterocycles. The number of nitrogens with one attached hydrogen (secondary N) is 1. The molecule has 0 spiro atoms. The van der Waals surface area contributed by atoms with E-state index in [0.717, 1.165) is 7.11 Å². The summed E-state index contributed by atoms with van der Waals surface area (Å²) in [6, 6.07) is 1.08. The predicted molar refractivity (Wildman–Crippen MR) is 58.1 cm³/mol. The van der Waals surface area contributed by atoms with Crippen molar-refractivity contribution in [3.8, 4) is 0 Å². The first-order valence-corrected chi connectivity index (χ1v) is 6.48. The van der Waals surface area contributed by atoms with Gasteiger partial charge in [0.2, 0.25) is 10.0 Å². The Bertz CT molecular complexity index is 589. The van der Waals surface area contributed by atoms with E-state index in [2.05, 4.69) is 4.74 Å². The van der Waals surface area contributed by atoms with E-state index >= 15 is 0 Å². The maximum absolute atomic E-state index is 13.3. The second-order valence-electron chi connectivity index (χ2n) is 3.40. The molecule has 0 atom stereocenters. The van der Waals surface area contributed by atoms with Gasteiger partial charge in [-0.25, -0.2) is 26.3 Å². The summed E-state index contributed by atoms with van der Waals surface area (Å²) in [6.45, 7) is -0.354. The molecule has 0 aromatic heterocycles. The summed E-state index contributed by atoms with van der Waals surface area (Å²) < 4.78 is 68.2. The lowest BCUT2D eigenvalue weighted by Gasteiger charge is -2.07. The standard InChI is InChI=1S/C10H10F3NO4S/c1-18-8(15)4-5-14-19(16,17)7-3-2-6(11)9(12)10(7)13/h2-3,14H,4-5H2,1H3. The molecule has 1 aromatic carbocycles. The van der Waals surface area contributed by atoms with E-state index < -0.39 is 38.3 Å². The van der Waals surface area contributed by atoms with Gasteiger partial charge < -0.3 is 4.74 Å². The van der Waals surface area contributed by atoms with Gasteiger partial charge in [0, 0.05) is 6.54 Å². The molecule has 0 aliphatic heterocycles. The lowest BCUT2D eigenvalue weighted by atomic mass is 10.3. The summed E-state index contributed by atoms with van der Waals surface area (Å²) >= 11 is 0. The van der Waals surface area contributed by atoms with Crippen molar-refractivity contribution in [1.29, 1.82) is 0 Å². The smallest absolute Gasteiger partial charge is 0.306 e. The molecule has 0 unspecified atom stereocenters. The van der Waals surface area contributed by atoms with Gasteiger partial charge in [0.15, 0.2) is 17.5 Å². The van der Waals surface area contributed by atoms with Gasteiger partial charge in [0.1, 0.15) is 4.90 Å². The third-order valence-electron chi connectivity index (χ3n) is 2.14. The van der Waals surface area contributed by atoms with Crippen molar-refractivity contribution in [2.75, 3.05) is 13.7 Å². The number of benzene rings is 1. The van der Waals surface area contributed by atoms with Gasteiger partial charge in [0.25, 0.3) is 0 Å². The number of esters is 1. The van der Waals surface area contributed by atoms with E-state index in [1.165, 1.54) is 0 Å². The zero-order valence-electron chi connectivity index (χ0n) is 9.74. The molecule has 0 bridgehead atoms. The molecular formula is C10H10F3NO4S. The quantitative estimate of drug-likeness (QED) is 0.648. The minimum absolute atomic E-state index is 0.277. The SMILES string of the molecule is COC(=O)CCNS(=O)(=O)c1ccc(F)c(F)c1F. The number of halogens is 3. The first-order chi connectivity index (χ1) is 8.79. The van der Waals surface area contributed by atoms with Crippen molar-refractivity contribution in [1.82, 2.24) is 4.72 Å². The van der Waals surface area contributed by atoms with Crippen LogP contribution in [0.4, 0.5) is 13.2 Å². The van der Waals surface area contributed by atoms with Gasteiger partial charge in [-0.2, -0.15) is 0 Å². The molecular weight excluding hydrogens is 287 g/mol. The number of hydrogen-bond donors (Lipinski definition) is 1. The zero-order valence-corrected chi connectivity index (χ0v) is 10.6.